The number of fused-ring (bicyclic) bond motifs is 1. The van der Waals surface area contributed by atoms with Crippen LogP contribution in [-0.2, 0) is 21.2 Å². The van der Waals surface area contributed by atoms with Crippen molar-refractivity contribution >= 4 is 33.4 Å². The molecule has 0 spiro atoms. The van der Waals surface area contributed by atoms with Crippen LogP contribution in [0.15, 0.2) is 23.1 Å². The summed E-state index contributed by atoms with van der Waals surface area (Å²) in [5, 5.41) is 5.08. The van der Waals surface area contributed by atoms with E-state index in [1.165, 1.54) is 17.8 Å². The van der Waals surface area contributed by atoms with Crippen molar-refractivity contribution < 1.29 is 13.2 Å². The number of carbonyl (C=O) groups is 1. The zero-order chi connectivity index (χ0) is 13.3. The van der Waals surface area contributed by atoms with Gasteiger partial charge in [0.2, 0.25) is 15.9 Å². The quantitative estimate of drug-likeness (QED) is 0.881. The second-order valence-electron chi connectivity index (χ2n) is 4.06. The van der Waals surface area contributed by atoms with Gasteiger partial charge in [-0.15, -0.1) is 0 Å². The van der Waals surface area contributed by atoms with Crippen LogP contribution in [-0.4, -0.2) is 32.9 Å². The first-order valence-corrected chi connectivity index (χ1v) is 8.32. The van der Waals surface area contributed by atoms with E-state index >= 15 is 0 Å². The molecule has 1 amide bonds. The average molecular weight is 286 g/mol. The predicted molar refractivity (Wildman–Crippen MR) is 72.3 cm³/mol. The molecule has 0 bridgehead atoms. The van der Waals surface area contributed by atoms with E-state index in [-0.39, 0.29) is 10.8 Å². The fourth-order valence-electron chi connectivity index (χ4n) is 2.02. The second-order valence-corrected chi connectivity index (χ2v) is 6.49. The van der Waals surface area contributed by atoms with Crippen LogP contribution in [0.25, 0.3) is 0 Å². The van der Waals surface area contributed by atoms with Crippen LogP contribution in [0.1, 0.15) is 5.56 Å². The molecule has 1 aliphatic heterocycles. The lowest BCUT2D eigenvalue weighted by molar-refractivity contribution is -0.116. The van der Waals surface area contributed by atoms with Crippen molar-refractivity contribution in [3.05, 3.63) is 23.8 Å². The van der Waals surface area contributed by atoms with Gasteiger partial charge in [0.1, 0.15) is 0 Å². The molecule has 0 atom stereocenters. The number of primary sulfonamides is 1. The lowest BCUT2D eigenvalue weighted by Crippen LogP contribution is -2.30. The van der Waals surface area contributed by atoms with E-state index in [2.05, 4.69) is 0 Å². The van der Waals surface area contributed by atoms with Crippen LogP contribution in [0.4, 0.5) is 5.69 Å². The normalized spacial score (nSPS) is 14.7. The summed E-state index contributed by atoms with van der Waals surface area (Å²) < 4.78 is 22.5. The molecule has 98 valence electrons. The Morgan fingerprint density at radius 2 is 2.22 bits per heavy atom. The van der Waals surface area contributed by atoms with E-state index in [0.717, 1.165) is 11.3 Å². The molecule has 0 aromatic heterocycles. The number of thioether (sulfide) groups is 1. The van der Waals surface area contributed by atoms with Gasteiger partial charge in [-0.2, -0.15) is 11.8 Å². The van der Waals surface area contributed by atoms with Gasteiger partial charge in [0, 0.05) is 12.2 Å². The van der Waals surface area contributed by atoms with Gasteiger partial charge in [0.25, 0.3) is 0 Å². The van der Waals surface area contributed by atoms with Crippen molar-refractivity contribution in [3.63, 3.8) is 0 Å². The fraction of sp³-hybridized carbons (Fsp3) is 0.364. The highest BCUT2D eigenvalue weighted by Crippen LogP contribution is 2.30. The number of hydrogen-bond donors (Lipinski definition) is 1. The van der Waals surface area contributed by atoms with Crippen LogP contribution >= 0.6 is 11.8 Å². The standard InChI is InChI=1S/C11H14N2O3S2/c1-17-7-11(14)13-5-4-8-6-9(18(12,15)16)2-3-10(8)13/h2-3,6H,4-5,7H2,1H3,(H2,12,15,16). The minimum atomic E-state index is -3.68. The van der Waals surface area contributed by atoms with Crippen molar-refractivity contribution in [2.45, 2.75) is 11.3 Å². The predicted octanol–water partition coefficient (Wildman–Crippen LogP) is 0.586. The zero-order valence-corrected chi connectivity index (χ0v) is 11.6. The molecule has 0 aliphatic carbocycles. The van der Waals surface area contributed by atoms with Crippen molar-refractivity contribution in [2.24, 2.45) is 5.14 Å². The van der Waals surface area contributed by atoms with Crippen LogP contribution in [0, 0.1) is 0 Å². The first kappa shape index (κ1) is 13.4. The Morgan fingerprint density at radius 1 is 1.50 bits per heavy atom. The Morgan fingerprint density at radius 3 is 2.83 bits per heavy atom. The summed E-state index contributed by atoms with van der Waals surface area (Å²) in [6.07, 6.45) is 2.54. The van der Waals surface area contributed by atoms with E-state index in [1.807, 2.05) is 6.26 Å². The van der Waals surface area contributed by atoms with Gasteiger partial charge in [0.15, 0.2) is 0 Å². The summed E-state index contributed by atoms with van der Waals surface area (Å²) >= 11 is 1.47. The number of benzene rings is 1. The molecule has 2 N–H and O–H groups in total. The second kappa shape index (κ2) is 4.91. The summed E-state index contributed by atoms with van der Waals surface area (Å²) in [6, 6.07) is 4.65. The average Bonchev–Trinajstić information content (AvgIpc) is 2.70. The Balaban J connectivity index is 2.34. The van der Waals surface area contributed by atoms with Crippen molar-refractivity contribution in [1.29, 1.82) is 0 Å². The van der Waals surface area contributed by atoms with Crippen molar-refractivity contribution in [1.82, 2.24) is 0 Å². The van der Waals surface area contributed by atoms with Gasteiger partial charge in [0.05, 0.1) is 10.6 Å². The Hall–Kier alpha value is -1.05. The smallest absolute Gasteiger partial charge is 0.238 e. The third-order valence-electron chi connectivity index (χ3n) is 2.84. The summed E-state index contributed by atoms with van der Waals surface area (Å²) in [7, 11) is -3.68. The first-order chi connectivity index (χ1) is 8.43. The summed E-state index contributed by atoms with van der Waals surface area (Å²) in [5.74, 6) is 0.473. The highest BCUT2D eigenvalue weighted by molar-refractivity contribution is 7.99. The molecule has 0 unspecified atom stereocenters. The van der Waals surface area contributed by atoms with Crippen LogP contribution in [0.5, 0.6) is 0 Å². The molecule has 1 heterocycles. The topological polar surface area (TPSA) is 80.5 Å². The van der Waals surface area contributed by atoms with Gasteiger partial charge in [-0.05, 0) is 36.4 Å². The molecule has 0 saturated heterocycles. The van der Waals surface area contributed by atoms with Gasteiger partial charge in [-0.1, -0.05) is 0 Å². The fourth-order valence-corrected chi connectivity index (χ4v) is 2.98. The molecule has 1 aliphatic rings. The summed E-state index contributed by atoms with van der Waals surface area (Å²) in [6.45, 7) is 0.600. The SMILES string of the molecule is CSCC(=O)N1CCc2cc(S(N)(=O)=O)ccc21. The lowest BCUT2D eigenvalue weighted by atomic mass is 10.2. The Kier molecular flexibility index (Phi) is 3.65. The number of nitrogens with two attached hydrogens (primary N) is 1. The molecule has 5 nitrogen and oxygen atoms in total. The third-order valence-corrected chi connectivity index (χ3v) is 4.29. The van der Waals surface area contributed by atoms with Crippen molar-refractivity contribution in [2.75, 3.05) is 23.5 Å². The number of sulfonamides is 1. The molecule has 0 fully saturated rings. The van der Waals surface area contributed by atoms with Crippen LogP contribution in [0.2, 0.25) is 0 Å². The van der Waals surface area contributed by atoms with E-state index in [4.69, 9.17) is 5.14 Å². The molecular formula is C11H14N2O3S2. The highest BCUT2D eigenvalue weighted by Gasteiger charge is 2.25. The zero-order valence-electron chi connectivity index (χ0n) is 9.92. The monoisotopic (exact) mass is 286 g/mol. The maximum Gasteiger partial charge on any atom is 0.238 e. The third kappa shape index (κ3) is 2.52. The maximum absolute atomic E-state index is 11.9. The van der Waals surface area contributed by atoms with Gasteiger partial charge in [-0.3, -0.25) is 4.79 Å². The number of nitrogens with zero attached hydrogens (tertiary/aromatic N) is 1. The molecule has 0 saturated carbocycles. The molecule has 0 radical (unpaired) electrons. The first-order valence-electron chi connectivity index (χ1n) is 5.38. The molecule has 2 rings (SSSR count). The Bertz CT molecular complexity index is 584. The minimum absolute atomic E-state index is 0.0459. The van der Waals surface area contributed by atoms with E-state index < -0.39 is 10.0 Å². The molecule has 1 aromatic carbocycles. The largest absolute Gasteiger partial charge is 0.311 e. The Labute approximate surface area is 110 Å². The summed E-state index contributed by atoms with van der Waals surface area (Å²) in [4.78, 5) is 13.6. The number of hydrogen-bond acceptors (Lipinski definition) is 4. The number of anilines is 1. The van der Waals surface area contributed by atoms with Gasteiger partial charge >= 0.3 is 0 Å². The van der Waals surface area contributed by atoms with Crippen LogP contribution in [0.3, 0.4) is 0 Å². The molecule has 18 heavy (non-hydrogen) atoms. The van der Waals surface area contributed by atoms with E-state index in [1.54, 1.807) is 17.0 Å². The number of amides is 1. The molecule has 1 aromatic rings. The van der Waals surface area contributed by atoms with Crippen molar-refractivity contribution in [3.8, 4) is 0 Å². The highest BCUT2D eigenvalue weighted by atomic mass is 32.2. The minimum Gasteiger partial charge on any atom is -0.311 e. The van der Waals surface area contributed by atoms with E-state index in [0.29, 0.717) is 18.7 Å². The van der Waals surface area contributed by atoms with E-state index in [9.17, 15) is 13.2 Å². The molecular weight excluding hydrogens is 272 g/mol. The lowest BCUT2D eigenvalue weighted by Gasteiger charge is -2.16. The van der Waals surface area contributed by atoms with Crippen LogP contribution < -0.4 is 10.0 Å². The van der Waals surface area contributed by atoms with Gasteiger partial charge < -0.3 is 4.90 Å². The molecule has 7 heteroatoms. The number of carbonyl (C=O) groups excluding carboxylic acids is 1. The summed E-state index contributed by atoms with van der Waals surface area (Å²) in [5.41, 5.74) is 1.65. The number of rotatable bonds is 3. The maximum atomic E-state index is 11.9. The van der Waals surface area contributed by atoms with Gasteiger partial charge in [-0.25, -0.2) is 13.6 Å².